The lowest BCUT2D eigenvalue weighted by atomic mass is 9.95. The van der Waals surface area contributed by atoms with E-state index in [0.29, 0.717) is 11.3 Å². The first kappa shape index (κ1) is 21.2. The Kier molecular flexibility index (Phi) is 5.30. The Bertz CT molecular complexity index is 1400. The van der Waals surface area contributed by atoms with Crippen LogP contribution < -0.4 is 9.47 Å². The summed E-state index contributed by atoms with van der Waals surface area (Å²) in [6, 6.07) is 33.2. The van der Waals surface area contributed by atoms with Gasteiger partial charge >= 0.3 is 5.97 Å². The molecule has 2 heterocycles. The third-order valence-electron chi connectivity index (χ3n) is 6.47. The van der Waals surface area contributed by atoms with Gasteiger partial charge in [0.05, 0.1) is 17.3 Å². The summed E-state index contributed by atoms with van der Waals surface area (Å²) in [5.41, 5.74) is 6.01. The zero-order valence-corrected chi connectivity index (χ0v) is 19.3. The number of carbonyl (C=O) groups is 1. The number of rotatable bonds is 4. The van der Waals surface area contributed by atoms with Gasteiger partial charge in [0.25, 0.3) is 0 Å². The molecule has 0 N–H and O–H groups in total. The first-order chi connectivity index (χ1) is 17.2. The highest BCUT2D eigenvalue weighted by atomic mass is 16.5. The summed E-state index contributed by atoms with van der Waals surface area (Å²) < 4.78 is 12.0. The number of aryl methyl sites for hydroxylation is 1. The number of benzene rings is 4. The van der Waals surface area contributed by atoms with Crippen LogP contribution in [0.1, 0.15) is 51.3 Å². The number of fused-ring (bicyclic) bond motifs is 3. The fourth-order valence-corrected chi connectivity index (χ4v) is 4.62. The average molecular weight is 461 g/mol. The largest absolute Gasteiger partial charge is 0.464 e. The molecule has 0 aromatic heterocycles. The number of carbonyl (C=O) groups excluding carboxylic acids is 1. The van der Waals surface area contributed by atoms with E-state index in [2.05, 4.69) is 42.3 Å². The summed E-state index contributed by atoms with van der Waals surface area (Å²) in [6.07, 6.45) is 0.434. The Labute approximate surface area is 204 Å². The quantitative estimate of drug-likeness (QED) is 0.259. The van der Waals surface area contributed by atoms with Gasteiger partial charge in [-0.2, -0.15) is 5.10 Å². The summed E-state index contributed by atoms with van der Waals surface area (Å²) in [5.74, 6) is 0.979. The molecule has 2 aliphatic rings. The molecule has 2 atom stereocenters. The highest BCUT2D eigenvalue weighted by Gasteiger charge is 2.40. The SMILES string of the molecule is Cc1ccc(C2=NN3C(C2)c2ccccc2OC3c2ccc(OC(=O)c3ccccc3)cc2)cc1. The number of esters is 1. The Balaban J connectivity index is 1.29. The number of nitrogens with zero attached hydrogens (tertiary/aromatic N) is 2. The smallest absolute Gasteiger partial charge is 0.343 e. The van der Waals surface area contributed by atoms with Crippen LogP contribution in [0.3, 0.4) is 0 Å². The first-order valence-electron chi connectivity index (χ1n) is 11.7. The van der Waals surface area contributed by atoms with Crippen LogP contribution in [0.15, 0.2) is 108 Å². The minimum Gasteiger partial charge on any atom is -0.464 e. The molecule has 2 unspecified atom stereocenters. The van der Waals surface area contributed by atoms with Gasteiger partial charge in [-0.1, -0.05) is 66.2 Å². The maximum absolute atomic E-state index is 12.4. The molecule has 0 bridgehead atoms. The van der Waals surface area contributed by atoms with E-state index < -0.39 is 0 Å². The third kappa shape index (κ3) is 4.06. The van der Waals surface area contributed by atoms with E-state index >= 15 is 0 Å². The summed E-state index contributed by atoms with van der Waals surface area (Å²) in [4.78, 5) is 12.4. The van der Waals surface area contributed by atoms with Gasteiger partial charge in [-0.25, -0.2) is 9.80 Å². The van der Waals surface area contributed by atoms with Crippen LogP contribution in [0.25, 0.3) is 0 Å². The molecule has 0 saturated heterocycles. The minimum atomic E-state index is -0.381. The highest BCUT2D eigenvalue weighted by Crippen LogP contribution is 2.47. The maximum Gasteiger partial charge on any atom is 0.343 e. The van der Waals surface area contributed by atoms with Crippen LogP contribution >= 0.6 is 0 Å². The molecule has 0 spiro atoms. The summed E-state index contributed by atoms with van der Waals surface area (Å²) >= 11 is 0. The van der Waals surface area contributed by atoms with Crippen molar-refractivity contribution in [2.24, 2.45) is 5.10 Å². The molecule has 2 aliphatic heterocycles. The number of hydrogen-bond donors (Lipinski definition) is 0. The Morgan fingerprint density at radius 3 is 2.37 bits per heavy atom. The van der Waals surface area contributed by atoms with E-state index in [9.17, 15) is 4.79 Å². The van der Waals surface area contributed by atoms with Crippen LogP contribution in [-0.4, -0.2) is 16.7 Å². The van der Waals surface area contributed by atoms with E-state index in [0.717, 1.165) is 34.6 Å². The van der Waals surface area contributed by atoms with Gasteiger partial charge in [-0.15, -0.1) is 0 Å². The van der Waals surface area contributed by atoms with Gasteiger partial charge in [0.2, 0.25) is 6.23 Å². The fourth-order valence-electron chi connectivity index (χ4n) is 4.62. The second-order valence-electron chi connectivity index (χ2n) is 8.85. The molecule has 0 fully saturated rings. The van der Waals surface area contributed by atoms with E-state index in [-0.39, 0.29) is 18.2 Å². The van der Waals surface area contributed by atoms with Gasteiger partial charge < -0.3 is 9.47 Å². The molecule has 0 radical (unpaired) electrons. The van der Waals surface area contributed by atoms with Gasteiger partial charge in [-0.3, -0.25) is 0 Å². The monoisotopic (exact) mass is 460 g/mol. The van der Waals surface area contributed by atoms with Crippen LogP contribution in [-0.2, 0) is 0 Å². The van der Waals surface area contributed by atoms with Gasteiger partial charge in [0, 0.05) is 17.5 Å². The Morgan fingerprint density at radius 1 is 0.886 bits per heavy atom. The molecular formula is C30H24N2O3. The lowest BCUT2D eigenvalue weighted by molar-refractivity contribution is -0.0190. The van der Waals surface area contributed by atoms with Crippen LogP contribution in [0.4, 0.5) is 0 Å². The fraction of sp³-hybridized carbons (Fsp3) is 0.133. The molecule has 35 heavy (non-hydrogen) atoms. The molecule has 5 nitrogen and oxygen atoms in total. The van der Waals surface area contributed by atoms with Crippen molar-refractivity contribution < 1.29 is 14.3 Å². The van der Waals surface area contributed by atoms with Gasteiger partial charge in [0.15, 0.2) is 0 Å². The molecule has 172 valence electrons. The van der Waals surface area contributed by atoms with Crippen LogP contribution in [0, 0.1) is 6.92 Å². The van der Waals surface area contributed by atoms with Crippen molar-refractivity contribution in [3.63, 3.8) is 0 Å². The Hall–Kier alpha value is -4.38. The van der Waals surface area contributed by atoms with E-state index in [1.54, 1.807) is 24.3 Å². The van der Waals surface area contributed by atoms with E-state index in [1.165, 1.54) is 5.56 Å². The second kappa shape index (κ2) is 8.76. The topological polar surface area (TPSA) is 51.1 Å². The second-order valence-corrected chi connectivity index (χ2v) is 8.85. The molecule has 6 rings (SSSR count). The molecule has 0 aliphatic carbocycles. The number of ether oxygens (including phenoxy) is 2. The normalized spacial score (nSPS) is 18.2. The van der Waals surface area contributed by atoms with Crippen molar-refractivity contribution in [2.75, 3.05) is 0 Å². The number of hydrazone groups is 1. The van der Waals surface area contributed by atoms with Gasteiger partial charge in [-0.05, 0) is 55.0 Å². The highest BCUT2D eigenvalue weighted by molar-refractivity contribution is 6.02. The molecule has 4 aromatic rings. The Morgan fingerprint density at radius 2 is 1.60 bits per heavy atom. The van der Waals surface area contributed by atoms with Crippen molar-refractivity contribution in [1.29, 1.82) is 0 Å². The standard InChI is InChI=1S/C30H24N2O3/c1-20-11-13-21(14-12-20)26-19-27-25-9-5-6-10-28(25)35-29(32(27)31-26)22-15-17-24(18-16-22)34-30(33)23-7-3-2-4-8-23/h2-18,27,29H,19H2,1H3. The van der Waals surface area contributed by atoms with Crippen LogP contribution in [0.2, 0.25) is 0 Å². The molecule has 4 aromatic carbocycles. The van der Waals surface area contributed by atoms with Crippen molar-refractivity contribution in [3.8, 4) is 11.5 Å². The summed E-state index contributed by atoms with van der Waals surface area (Å²) in [7, 11) is 0. The van der Waals surface area contributed by atoms with Crippen molar-refractivity contribution >= 4 is 11.7 Å². The van der Waals surface area contributed by atoms with Crippen molar-refractivity contribution in [3.05, 3.63) is 131 Å². The lowest BCUT2D eigenvalue weighted by Gasteiger charge is -2.38. The van der Waals surface area contributed by atoms with Crippen molar-refractivity contribution in [2.45, 2.75) is 25.6 Å². The predicted molar refractivity (Wildman–Crippen MR) is 135 cm³/mol. The van der Waals surface area contributed by atoms with E-state index in [1.807, 2.05) is 48.5 Å². The lowest BCUT2D eigenvalue weighted by Crippen LogP contribution is -2.33. The minimum absolute atomic E-state index is 0.0943. The molecule has 5 heteroatoms. The predicted octanol–water partition coefficient (Wildman–Crippen LogP) is 6.46. The van der Waals surface area contributed by atoms with Gasteiger partial charge in [0.1, 0.15) is 11.5 Å². The summed E-state index contributed by atoms with van der Waals surface area (Å²) in [5, 5.41) is 7.07. The maximum atomic E-state index is 12.4. The third-order valence-corrected chi connectivity index (χ3v) is 6.47. The molecular weight excluding hydrogens is 436 g/mol. The number of para-hydroxylation sites is 1. The molecule has 0 saturated carbocycles. The molecule has 0 amide bonds. The zero-order chi connectivity index (χ0) is 23.8. The van der Waals surface area contributed by atoms with E-state index in [4.69, 9.17) is 14.6 Å². The number of hydrogen-bond acceptors (Lipinski definition) is 5. The van der Waals surface area contributed by atoms with Crippen molar-refractivity contribution in [1.82, 2.24) is 5.01 Å². The zero-order valence-electron chi connectivity index (χ0n) is 19.3. The first-order valence-corrected chi connectivity index (χ1v) is 11.7. The van der Waals surface area contributed by atoms with Crippen LogP contribution in [0.5, 0.6) is 11.5 Å². The summed E-state index contributed by atoms with van der Waals surface area (Å²) in [6.45, 7) is 2.09. The average Bonchev–Trinajstić information content (AvgIpc) is 3.35.